The van der Waals surface area contributed by atoms with E-state index in [0.29, 0.717) is 11.0 Å². The number of carbonyl (C=O) groups excluding carboxylic acids is 1. The molecular formula is C15H28N2OS. The van der Waals surface area contributed by atoms with Crippen LogP contribution in [0.25, 0.3) is 0 Å². The summed E-state index contributed by atoms with van der Waals surface area (Å²) in [7, 11) is 0. The van der Waals surface area contributed by atoms with Crippen LogP contribution >= 0.6 is 11.8 Å². The van der Waals surface area contributed by atoms with Crippen molar-refractivity contribution in [2.45, 2.75) is 56.6 Å². The van der Waals surface area contributed by atoms with Gasteiger partial charge in [0, 0.05) is 11.8 Å². The summed E-state index contributed by atoms with van der Waals surface area (Å²) < 4.78 is 0. The smallest absolute Gasteiger partial charge is 0.230 e. The summed E-state index contributed by atoms with van der Waals surface area (Å²) in [6.07, 6.45) is 10.5. The number of amides is 1. The quantitative estimate of drug-likeness (QED) is 0.787. The summed E-state index contributed by atoms with van der Waals surface area (Å²) in [4.78, 5) is 11.8. The van der Waals surface area contributed by atoms with E-state index in [0.717, 1.165) is 25.6 Å². The Hall–Kier alpha value is -0.220. The van der Waals surface area contributed by atoms with E-state index < -0.39 is 0 Å². The molecule has 3 nitrogen and oxygen atoms in total. The van der Waals surface area contributed by atoms with Gasteiger partial charge in [0.25, 0.3) is 0 Å². The van der Waals surface area contributed by atoms with E-state index in [1.807, 2.05) is 11.8 Å². The standard InChI is InChI=1S/C15H28N2OS/c18-15(12-19-14-7-9-16-10-8-14)17-11-6-13-4-2-1-3-5-13/h13-14,16H,1-12H2,(H,17,18). The number of thioether (sulfide) groups is 1. The molecule has 1 saturated heterocycles. The van der Waals surface area contributed by atoms with Crippen molar-refractivity contribution in [3.05, 3.63) is 0 Å². The molecule has 1 amide bonds. The van der Waals surface area contributed by atoms with Crippen LogP contribution in [0.1, 0.15) is 51.4 Å². The van der Waals surface area contributed by atoms with E-state index >= 15 is 0 Å². The molecule has 1 heterocycles. The maximum absolute atomic E-state index is 11.8. The Morgan fingerprint density at radius 2 is 1.84 bits per heavy atom. The molecule has 0 bridgehead atoms. The molecule has 2 aliphatic rings. The molecular weight excluding hydrogens is 256 g/mol. The number of piperidine rings is 1. The van der Waals surface area contributed by atoms with Gasteiger partial charge in [0.1, 0.15) is 0 Å². The molecule has 0 aromatic rings. The first kappa shape index (κ1) is 15.2. The number of hydrogen-bond acceptors (Lipinski definition) is 3. The molecule has 1 saturated carbocycles. The van der Waals surface area contributed by atoms with Crippen LogP contribution in [-0.4, -0.2) is 36.5 Å². The van der Waals surface area contributed by atoms with Gasteiger partial charge >= 0.3 is 0 Å². The van der Waals surface area contributed by atoms with E-state index in [4.69, 9.17) is 0 Å². The van der Waals surface area contributed by atoms with Crippen molar-refractivity contribution in [3.63, 3.8) is 0 Å². The van der Waals surface area contributed by atoms with Crippen LogP contribution in [0.4, 0.5) is 0 Å². The van der Waals surface area contributed by atoms with Gasteiger partial charge in [0.2, 0.25) is 5.91 Å². The topological polar surface area (TPSA) is 41.1 Å². The Morgan fingerprint density at radius 3 is 2.58 bits per heavy atom. The van der Waals surface area contributed by atoms with Gasteiger partial charge in [-0.1, -0.05) is 32.1 Å². The average molecular weight is 284 g/mol. The highest BCUT2D eigenvalue weighted by Crippen LogP contribution is 2.25. The van der Waals surface area contributed by atoms with Gasteiger partial charge in [-0.3, -0.25) is 4.79 Å². The molecule has 4 heteroatoms. The Morgan fingerprint density at radius 1 is 1.11 bits per heavy atom. The number of carbonyl (C=O) groups is 1. The minimum atomic E-state index is 0.236. The summed E-state index contributed by atoms with van der Waals surface area (Å²) in [5.74, 6) is 1.75. The molecule has 0 spiro atoms. The zero-order valence-electron chi connectivity index (χ0n) is 12.0. The van der Waals surface area contributed by atoms with Gasteiger partial charge < -0.3 is 10.6 Å². The minimum Gasteiger partial charge on any atom is -0.355 e. The number of rotatable bonds is 6. The van der Waals surface area contributed by atoms with Crippen LogP contribution in [-0.2, 0) is 4.79 Å². The lowest BCUT2D eigenvalue weighted by molar-refractivity contribution is -0.118. The summed E-state index contributed by atoms with van der Waals surface area (Å²) in [5.41, 5.74) is 0. The van der Waals surface area contributed by atoms with Crippen LogP contribution in [0.5, 0.6) is 0 Å². The molecule has 0 unspecified atom stereocenters. The number of nitrogens with one attached hydrogen (secondary N) is 2. The second kappa shape index (κ2) is 8.85. The van der Waals surface area contributed by atoms with Crippen molar-refractivity contribution >= 4 is 17.7 Å². The average Bonchev–Trinajstić information content (AvgIpc) is 2.47. The Labute approximate surface area is 121 Å². The van der Waals surface area contributed by atoms with E-state index in [1.54, 1.807) is 0 Å². The lowest BCUT2D eigenvalue weighted by atomic mass is 9.87. The summed E-state index contributed by atoms with van der Waals surface area (Å²) in [6, 6.07) is 0. The fourth-order valence-electron chi connectivity index (χ4n) is 3.10. The van der Waals surface area contributed by atoms with E-state index in [2.05, 4.69) is 10.6 Å². The summed E-state index contributed by atoms with van der Waals surface area (Å²) in [6.45, 7) is 3.11. The molecule has 2 N–H and O–H groups in total. The lowest BCUT2D eigenvalue weighted by Crippen LogP contribution is -2.32. The molecule has 1 aliphatic heterocycles. The summed E-state index contributed by atoms with van der Waals surface area (Å²) in [5, 5.41) is 7.14. The van der Waals surface area contributed by atoms with Crippen molar-refractivity contribution in [2.24, 2.45) is 5.92 Å². The second-order valence-electron chi connectivity index (χ2n) is 5.90. The first-order valence-electron chi connectivity index (χ1n) is 7.93. The highest BCUT2D eigenvalue weighted by atomic mass is 32.2. The third-order valence-electron chi connectivity index (χ3n) is 4.34. The van der Waals surface area contributed by atoms with Crippen LogP contribution in [0.2, 0.25) is 0 Å². The maximum Gasteiger partial charge on any atom is 0.230 e. The van der Waals surface area contributed by atoms with Gasteiger partial charge in [-0.15, -0.1) is 11.8 Å². The fourth-order valence-corrected chi connectivity index (χ4v) is 4.16. The van der Waals surface area contributed by atoms with Gasteiger partial charge in [0.15, 0.2) is 0 Å². The van der Waals surface area contributed by atoms with Crippen LogP contribution in [0.15, 0.2) is 0 Å². The van der Waals surface area contributed by atoms with Crippen molar-refractivity contribution in [2.75, 3.05) is 25.4 Å². The third kappa shape index (κ3) is 6.17. The van der Waals surface area contributed by atoms with Crippen LogP contribution in [0, 0.1) is 5.92 Å². The lowest BCUT2D eigenvalue weighted by Gasteiger charge is -2.22. The second-order valence-corrected chi connectivity index (χ2v) is 7.19. The molecule has 0 atom stereocenters. The highest BCUT2D eigenvalue weighted by Gasteiger charge is 2.16. The Kier molecular flexibility index (Phi) is 7.07. The molecule has 110 valence electrons. The minimum absolute atomic E-state index is 0.236. The van der Waals surface area contributed by atoms with Gasteiger partial charge in [-0.05, 0) is 38.3 Å². The monoisotopic (exact) mass is 284 g/mol. The first-order valence-corrected chi connectivity index (χ1v) is 8.98. The fraction of sp³-hybridized carbons (Fsp3) is 0.933. The molecule has 0 aromatic heterocycles. The van der Waals surface area contributed by atoms with Crippen molar-refractivity contribution in [3.8, 4) is 0 Å². The predicted molar refractivity (Wildman–Crippen MR) is 82.6 cm³/mol. The zero-order valence-corrected chi connectivity index (χ0v) is 12.8. The van der Waals surface area contributed by atoms with Gasteiger partial charge in [0.05, 0.1) is 5.75 Å². The van der Waals surface area contributed by atoms with Gasteiger partial charge in [-0.2, -0.15) is 0 Å². The SMILES string of the molecule is O=C(CSC1CCNCC1)NCCC1CCCCC1. The molecule has 2 fully saturated rings. The van der Waals surface area contributed by atoms with Crippen molar-refractivity contribution < 1.29 is 4.79 Å². The van der Waals surface area contributed by atoms with Crippen molar-refractivity contribution in [1.29, 1.82) is 0 Å². The normalized spacial score (nSPS) is 22.3. The largest absolute Gasteiger partial charge is 0.355 e. The van der Waals surface area contributed by atoms with E-state index in [9.17, 15) is 4.79 Å². The summed E-state index contributed by atoms with van der Waals surface area (Å²) >= 11 is 1.84. The van der Waals surface area contributed by atoms with E-state index in [-0.39, 0.29) is 5.91 Å². The zero-order chi connectivity index (χ0) is 13.3. The Balaban J connectivity index is 1.49. The van der Waals surface area contributed by atoms with Crippen molar-refractivity contribution in [1.82, 2.24) is 10.6 Å². The van der Waals surface area contributed by atoms with E-state index in [1.165, 1.54) is 51.4 Å². The maximum atomic E-state index is 11.8. The molecule has 1 aliphatic carbocycles. The van der Waals surface area contributed by atoms with Crippen LogP contribution in [0.3, 0.4) is 0 Å². The van der Waals surface area contributed by atoms with Crippen LogP contribution < -0.4 is 10.6 Å². The van der Waals surface area contributed by atoms with Gasteiger partial charge in [-0.25, -0.2) is 0 Å². The number of hydrogen-bond donors (Lipinski definition) is 2. The molecule has 0 aromatic carbocycles. The first-order chi connectivity index (χ1) is 9.34. The predicted octanol–water partition coefficient (Wildman–Crippen LogP) is 2.56. The molecule has 0 radical (unpaired) electrons. The molecule has 19 heavy (non-hydrogen) atoms. The third-order valence-corrected chi connectivity index (χ3v) is 5.71. The Bertz CT molecular complexity index is 261. The molecule has 2 rings (SSSR count). The highest BCUT2D eigenvalue weighted by molar-refractivity contribution is 8.00.